The van der Waals surface area contributed by atoms with Gasteiger partial charge in [0.05, 0.1) is 11.5 Å². The molecule has 0 aliphatic carbocycles. The Bertz CT molecular complexity index is 860. The van der Waals surface area contributed by atoms with Crippen LogP contribution < -0.4 is 5.32 Å². The normalized spacial score (nSPS) is 12.3. The van der Waals surface area contributed by atoms with Crippen LogP contribution in [-0.2, 0) is 17.9 Å². The van der Waals surface area contributed by atoms with E-state index in [-0.39, 0.29) is 17.1 Å². The van der Waals surface area contributed by atoms with Crippen LogP contribution in [0.2, 0.25) is 0 Å². The molecular weight excluding hydrogens is 360 g/mol. The molecule has 0 bridgehead atoms. The Morgan fingerprint density at radius 2 is 1.96 bits per heavy atom. The van der Waals surface area contributed by atoms with Crippen molar-refractivity contribution in [1.82, 2.24) is 20.1 Å². The van der Waals surface area contributed by atoms with Gasteiger partial charge in [0.1, 0.15) is 0 Å². The van der Waals surface area contributed by atoms with Crippen molar-refractivity contribution in [2.24, 2.45) is 5.92 Å². The number of nitrogens with zero attached hydrogens (tertiary/aromatic N) is 3. The van der Waals surface area contributed by atoms with Gasteiger partial charge in [-0.3, -0.25) is 9.36 Å². The SMILES string of the molecule is CCn1c(S[C@@H](C(=O)NCc2ccccc2)C(C)C)nnc1-c1ccco1. The third-order valence-corrected chi connectivity index (χ3v) is 5.71. The van der Waals surface area contributed by atoms with Gasteiger partial charge < -0.3 is 9.73 Å². The highest BCUT2D eigenvalue weighted by molar-refractivity contribution is 8.00. The lowest BCUT2D eigenvalue weighted by Gasteiger charge is -2.19. The topological polar surface area (TPSA) is 73.0 Å². The van der Waals surface area contributed by atoms with Gasteiger partial charge in [0, 0.05) is 13.1 Å². The van der Waals surface area contributed by atoms with Gasteiger partial charge in [0.15, 0.2) is 16.7 Å². The first kappa shape index (κ1) is 19.2. The summed E-state index contributed by atoms with van der Waals surface area (Å²) in [5.74, 6) is 1.51. The number of aromatic nitrogens is 3. The molecule has 3 rings (SSSR count). The van der Waals surface area contributed by atoms with Crippen LogP contribution in [0.5, 0.6) is 0 Å². The van der Waals surface area contributed by atoms with Gasteiger partial charge in [-0.1, -0.05) is 55.9 Å². The second-order valence-electron chi connectivity index (χ2n) is 6.51. The fraction of sp³-hybridized carbons (Fsp3) is 0.350. The standard InChI is InChI=1S/C20H24N4O2S/c1-4-24-18(16-11-8-12-26-16)22-23-20(24)27-17(14(2)3)19(25)21-13-15-9-6-5-7-10-15/h5-12,14,17H,4,13H2,1-3H3,(H,21,25)/t17-/m1/s1. The predicted molar refractivity (Wildman–Crippen MR) is 106 cm³/mol. The van der Waals surface area contributed by atoms with Crippen LogP contribution in [0.4, 0.5) is 0 Å². The molecule has 0 unspecified atom stereocenters. The molecule has 2 aromatic heterocycles. The van der Waals surface area contributed by atoms with Gasteiger partial charge in [0.25, 0.3) is 0 Å². The van der Waals surface area contributed by atoms with Crippen molar-refractivity contribution in [3.8, 4) is 11.6 Å². The number of amides is 1. The molecule has 0 spiro atoms. The Morgan fingerprint density at radius 3 is 2.59 bits per heavy atom. The Kier molecular flexibility index (Phi) is 6.34. The zero-order valence-corrected chi connectivity index (χ0v) is 16.6. The first-order valence-corrected chi connectivity index (χ1v) is 9.93. The van der Waals surface area contributed by atoms with Crippen LogP contribution in [0.25, 0.3) is 11.6 Å². The number of hydrogen-bond acceptors (Lipinski definition) is 5. The summed E-state index contributed by atoms with van der Waals surface area (Å²) < 4.78 is 7.43. The van der Waals surface area contributed by atoms with Crippen molar-refractivity contribution in [2.45, 2.75) is 44.3 Å². The lowest BCUT2D eigenvalue weighted by Crippen LogP contribution is -2.35. The zero-order valence-electron chi connectivity index (χ0n) is 15.8. The molecule has 142 valence electrons. The molecule has 0 radical (unpaired) electrons. The van der Waals surface area contributed by atoms with E-state index in [1.165, 1.54) is 11.8 Å². The van der Waals surface area contributed by atoms with E-state index in [9.17, 15) is 4.79 Å². The maximum absolute atomic E-state index is 12.8. The Labute approximate surface area is 163 Å². The molecule has 0 saturated carbocycles. The van der Waals surface area contributed by atoms with Gasteiger partial charge in [-0.25, -0.2) is 0 Å². The fourth-order valence-corrected chi connectivity index (χ4v) is 3.86. The zero-order chi connectivity index (χ0) is 19.2. The first-order valence-electron chi connectivity index (χ1n) is 9.05. The number of hydrogen-bond donors (Lipinski definition) is 1. The summed E-state index contributed by atoms with van der Waals surface area (Å²) in [5.41, 5.74) is 1.08. The molecule has 0 saturated heterocycles. The van der Waals surface area contributed by atoms with Crippen LogP contribution in [0.15, 0.2) is 58.3 Å². The maximum atomic E-state index is 12.8. The highest BCUT2D eigenvalue weighted by Gasteiger charge is 2.27. The van der Waals surface area contributed by atoms with Crippen molar-refractivity contribution in [2.75, 3.05) is 0 Å². The van der Waals surface area contributed by atoms with Gasteiger partial charge in [0.2, 0.25) is 5.91 Å². The summed E-state index contributed by atoms with van der Waals surface area (Å²) in [6, 6.07) is 13.6. The summed E-state index contributed by atoms with van der Waals surface area (Å²) in [7, 11) is 0. The van der Waals surface area contributed by atoms with Crippen molar-refractivity contribution in [3.63, 3.8) is 0 Å². The van der Waals surface area contributed by atoms with Crippen LogP contribution in [0.3, 0.4) is 0 Å². The van der Waals surface area contributed by atoms with Crippen LogP contribution in [0.1, 0.15) is 26.3 Å². The second-order valence-corrected chi connectivity index (χ2v) is 7.62. The smallest absolute Gasteiger partial charge is 0.234 e. The Balaban J connectivity index is 1.73. The van der Waals surface area contributed by atoms with E-state index in [2.05, 4.69) is 15.5 Å². The molecule has 1 N–H and O–H groups in total. The maximum Gasteiger partial charge on any atom is 0.234 e. The van der Waals surface area contributed by atoms with Crippen LogP contribution >= 0.6 is 11.8 Å². The average molecular weight is 385 g/mol. The van der Waals surface area contributed by atoms with Gasteiger partial charge in [-0.05, 0) is 30.5 Å². The van der Waals surface area contributed by atoms with E-state index < -0.39 is 0 Å². The highest BCUT2D eigenvalue weighted by Crippen LogP contribution is 2.30. The summed E-state index contributed by atoms with van der Waals surface area (Å²) in [4.78, 5) is 12.8. The van der Waals surface area contributed by atoms with E-state index in [0.29, 0.717) is 24.7 Å². The molecule has 7 heteroatoms. The van der Waals surface area contributed by atoms with Gasteiger partial charge >= 0.3 is 0 Å². The molecule has 3 aromatic rings. The molecule has 0 aliphatic heterocycles. The molecule has 1 amide bonds. The van der Waals surface area contributed by atoms with Gasteiger partial charge in [-0.2, -0.15) is 0 Å². The third kappa shape index (κ3) is 4.60. The molecule has 0 aliphatic rings. The number of furan rings is 1. The predicted octanol–water partition coefficient (Wildman–Crippen LogP) is 3.99. The lowest BCUT2D eigenvalue weighted by molar-refractivity contribution is -0.121. The summed E-state index contributed by atoms with van der Waals surface area (Å²) in [6.45, 7) is 7.32. The number of carbonyl (C=O) groups is 1. The second kappa shape index (κ2) is 8.90. The van der Waals surface area contributed by atoms with Crippen molar-refractivity contribution in [3.05, 3.63) is 54.3 Å². The summed E-state index contributed by atoms with van der Waals surface area (Å²) in [6.07, 6.45) is 1.62. The molecule has 0 fully saturated rings. The summed E-state index contributed by atoms with van der Waals surface area (Å²) in [5, 5.41) is 12.1. The number of carbonyl (C=O) groups excluding carboxylic acids is 1. The van der Waals surface area contributed by atoms with E-state index in [1.54, 1.807) is 6.26 Å². The Hall–Kier alpha value is -2.54. The van der Waals surface area contributed by atoms with Crippen molar-refractivity contribution < 1.29 is 9.21 Å². The van der Waals surface area contributed by atoms with Gasteiger partial charge in [-0.15, -0.1) is 10.2 Å². The van der Waals surface area contributed by atoms with E-state index in [1.807, 2.05) is 67.8 Å². The molecular formula is C20H24N4O2S. The molecule has 1 atom stereocenters. The highest BCUT2D eigenvalue weighted by atomic mass is 32.2. The number of benzene rings is 1. The quantitative estimate of drug-likeness (QED) is 0.595. The molecule has 27 heavy (non-hydrogen) atoms. The fourth-order valence-electron chi connectivity index (χ4n) is 2.74. The van der Waals surface area contributed by atoms with E-state index in [0.717, 1.165) is 10.7 Å². The minimum absolute atomic E-state index is 0.00375. The molecule has 2 heterocycles. The lowest BCUT2D eigenvalue weighted by atomic mass is 10.1. The van der Waals surface area contributed by atoms with Crippen molar-refractivity contribution >= 4 is 17.7 Å². The largest absolute Gasteiger partial charge is 0.461 e. The molecule has 1 aromatic carbocycles. The van der Waals surface area contributed by atoms with E-state index >= 15 is 0 Å². The summed E-state index contributed by atoms with van der Waals surface area (Å²) >= 11 is 1.45. The number of rotatable bonds is 8. The van der Waals surface area contributed by atoms with E-state index in [4.69, 9.17) is 4.42 Å². The number of thioether (sulfide) groups is 1. The monoisotopic (exact) mass is 384 g/mol. The minimum Gasteiger partial charge on any atom is -0.461 e. The Morgan fingerprint density at radius 1 is 1.19 bits per heavy atom. The van der Waals surface area contributed by atoms with Crippen LogP contribution in [-0.4, -0.2) is 25.9 Å². The van der Waals surface area contributed by atoms with Crippen LogP contribution in [0, 0.1) is 5.92 Å². The average Bonchev–Trinajstić information content (AvgIpc) is 3.33. The number of nitrogens with one attached hydrogen (secondary N) is 1. The minimum atomic E-state index is -0.257. The first-order chi connectivity index (χ1) is 13.1. The van der Waals surface area contributed by atoms with Crippen molar-refractivity contribution in [1.29, 1.82) is 0 Å². The molecule has 6 nitrogen and oxygen atoms in total. The third-order valence-electron chi connectivity index (χ3n) is 4.18.